The van der Waals surface area contributed by atoms with E-state index in [9.17, 15) is 14.9 Å². The summed E-state index contributed by atoms with van der Waals surface area (Å²) in [6.45, 7) is 1.79. The molecule has 0 saturated heterocycles. The van der Waals surface area contributed by atoms with Gasteiger partial charge in [-0.25, -0.2) is 0 Å². The van der Waals surface area contributed by atoms with E-state index >= 15 is 0 Å². The molecule has 1 aromatic rings. The molecule has 0 unspecified atom stereocenters. The van der Waals surface area contributed by atoms with Crippen molar-refractivity contribution in [2.75, 3.05) is 45.8 Å². The third-order valence-corrected chi connectivity index (χ3v) is 2.68. The van der Waals surface area contributed by atoms with Crippen molar-refractivity contribution >= 4 is 17.3 Å². The summed E-state index contributed by atoms with van der Waals surface area (Å²) in [5.41, 5.74) is 0.446. The highest BCUT2D eigenvalue weighted by Gasteiger charge is 2.16. The standard InChI is InChI=1S/C13H19N3O5/c1-14-13(17)10-3-4-11(12(9-10)16(18)19)15-5-6-21-8-7-20-2/h3-4,9,15H,5-8H2,1-2H3,(H,14,17). The lowest BCUT2D eigenvalue weighted by Crippen LogP contribution is -2.18. The lowest BCUT2D eigenvalue weighted by molar-refractivity contribution is -0.384. The van der Waals surface area contributed by atoms with E-state index in [4.69, 9.17) is 9.47 Å². The monoisotopic (exact) mass is 297 g/mol. The number of nitro benzene ring substituents is 1. The highest BCUT2D eigenvalue weighted by molar-refractivity contribution is 5.95. The van der Waals surface area contributed by atoms with Crippen molar-refractivity contribution in [1.82, 2.24) is 5.32 Å². The average Bonchev–Trinajstić information content (AvgIpc) is 2.49. The third kappa shape index (κ3) is 5.36. The van der Waals surface area contributed by atoms with Crippen LogP contribution >= 0.6 is 0 Å². The maximum atomic E-state index is 11.5. The van der Waals surface area contributed by atoms with Crippen LogP contribution in [0.1, 0.15) is 10.4 Å². The fourth-order valence-corrected chi connectivity index (χ4v) is 1.62. The van der Waals surface area contributed by atoms with Gasteiger partial charge in [0.05, 0.1) is 24.7 Å². The molecule has 1 rings (SSSR count). The summed E-state index contributed by atoms with van der Waals surface area (Å²) in [5, 5.41) is 16.4. The number of amides is 1. The van der Waals surface area contributed by atoms with Crippen molar-refractivity contribution in [2.45, 2.75) is 0 Å². The van der Waals surface area contributed by atoms with Gasteiger partial charge in [-0.3, -0.25) is 14.9 Å². The molecule has 0 radical (unpaired) electrons. The van der Waals surface area contributed by atoms with Gasteiger partial charge in [0.25, 0.3) is 11.6 Å². The Kier molecular flexibility index (Phi) is 7.13. The number of nitro groups is 1. The Morgan fingerprint density at radius 2 is 2.10 bits per heavy atom. The molecule has 0 aliphatic carbocycles. The summed E-state index contributed by atoms with van der Waals surface area (Å²) in [6.07, 6.45) is 0. The first-order chi connectivity index (χ1) is 10.1. The minimum absolute atomic E-state index is 0.145. The maximum absolute atomic E-state index is 11.5. The van der Waals surface area contributed by atoms with Crippen LogP contribution in [0.4, 0.5) is 11.4 Å². The van der Waals surface area contributed by atoms with Crippen molar-refractivity contribution in [2.24, 2.45) is 0 Å². The van der Waals surface area contributed by atoms with Gasteiger partial charge in [-0.2, -0.15) is 0 Å². The van der Waals surface area contributed by atoms with Gasteiger partial charge in [0.15, 0.2) is 0 Å². The molecule has 116 valence electrons. The van der Waals surface area contributed by atoms with Crippen molar-refractivity contribution in [3.63, 3.8) is 0 Å². The van der Waals surface area contributed by atoms with Crippen LogP contribution in [0.3, 0.4) is 0 Å². The predicted molar refractivity (Wildman–Crippen MR) is 77.7 cm³/mol. The Balaban J connectivity index is 2.65. The highest BCUT2D eigenvalue weighted by atomic mass is 16.6. The zero-order chi connectivity index (χ0) is 15.7. The Morgan fingerprint density at radius 3 is 2.71 bits per heavy atom. The fraction of sp³-hybridized carbons (Fsp3) is 0.462. The number of carbonyl (C=O) groups excluding carboxylic acids is 1. The molecule has 0 aromatic heterocycles. The minimum atomic E-state index is -0.527. The van der Waals surface area contributed by atoms with Crippen LogP contribution in [0.5, 0.6) is 0 Å². The van der Waals surface area contributed by atoms with Crippen molar-refractivity contribution in [1.29, 1.82) is 0 Å². The second-order valence-electron chi connectivity index (χ2n) is 4.10. The molecule has 21 heavy (non-hydrogen) atoms. The van der Waals surface area contributed by atoms with Crippen LogP contribution in [0.25, 0.3) is 0 Å². The second kappa shape index (κ2) is 8.88. The first kappa shape index (κ1) is 16.9. The quantitative estimate of drug-likeness (QED) is 0.401. The number of carbonyl (C=O) groups is 1. The molecule has 0 bridgehead atoms. The summed E-state index contributed by atoms with van der Waals surface area (Å²) >= 11 is 0. The highest BCUT2D eigenvalue weighted by Crippen LogP contribution is 2.25. The molecule has 1 aromatic carbocycles. The lowest BCUT2D eigenvalue weighted by atomic mass is 10.1. The molecule has 8 nitrogen and oxygen atoms in total. The smallest absolute Gasteiger partial charge is 0.293 e. The molecule has 0 heterocycles. The summed E-state index contributed by atoms with van der Waals surface area (Å²) in [7, 11) is 3.05. The van der Waals surface area contributed by atoms with Crippen molar-refractivity contribution in [3.05, 3.63) is 33.9 Å². The number of nitrogens with zero attached hydrogens (tertiary/aromatic N) is 1. The van der Waals surface area contributed by atoms with Gasteiger partial charge in [0, 0.05) is 32.3 Å². The Morgan fingerprint density at radius 1 is 1.33 bits per heavy atom. The number of anilines is 1. The molecule has 0 aliphatic heterocycles. The minimum Gasteiger partial charge on any atom is -0.382 e. The van der Waals surface area contributed by atoms with Crippen molar-refractivity contribution in [3.8, 4) is 0 Å². The summed E-state index contributed by atoms with van der Waals surface area (Å²) < 4.78 is 10.1. The summed E-state index contributed by atoms with van der Waals surface area (Å²) in [4.78, 5) is 22.0. The van der Waals surface area contributed by atoms with Gasteiger partial charge in [-0.05, 0) is 12.1 Å². The van der Waals surface area contributed by atoms with Gasteiger partial charge in [-0.15, -0.1) is 0 Å². The number of methoxy groups -OCH3 is 1. The predicted octanol–water partition coefficient (Wildman–Crippen LogP) is 1.03. The van der Waals surface area contributed by atoms with Gasteiger partial charge in [0.2, 0.25) is 0 Å². The molecule has 2 N–H and O–H groups in total. The first-order valence-corrected chi connectivity index (χ1v) is 6.41. The molecule has 1 amide bonds. The molecule has 0 saturated carbocycles. The molecular formula is C13H19N3O5. The Hall–Kier alpha value is -2.19. The van der Waals surface area contributed by atoms with Gasteiger partial charge < -0.3 is 20.1 Å². The van der Waals surface area contributed by atoms with E-state index in [0.717, 1.165) is 0 Å². The molecule has 0 fully saturated rings. The number of hydrogen-bond acceptors (Lipinski definition) is 6. The first-order valence-electron chi connectivity index (χ1n) is 6.41. The zero-order valence-electron chi connectivity index (χ0n) is 12.0. The zero-order valence-corrected chi connectivity index (χ0v) is 12.0. The number of benzene rings is 1. The number of nitrogens with one attached hydrogen (secondary N) is 2. The Labute approximate surface area is 122 Å². The van der Waals surface area contributed by atoms with Crippen LogP contribution in [-0.2, 0) is 9.47 Å². The topological polar surface area (TPSA) is 103 Å². The van der Waals surface area contributed by atoms with Crippen LogP contribution < -0.4 is 10.6 Å². The SMILES string of the molecule is CNC(=O)c1ccc(NCCOCCOC)c([N+](=O)[O-])c1. The molecular weight excluding hydrogens is 278 g/mol. The Bertz CT molecular complexity index is 493. The van der Waals surface area contributed by atoms with Gasteiger partial charge in [0.1, 0.15) is 5.69 Å². The summed E-state index contributed by atoms with van der Waals surface area (Å²) in [5.74, 6) is -0.368. The number of hydrogen-bond donors (Lipinski definition) is 2. The molecule has 8 heteroatoms. The van der Waals surface area contributed by atoms with Gasteiger partial charge in [-0.1, -0.05) is 0 Å². The summed E-state index contributed by atoms with van der Waals surface area (Å²) in [6, 6.07) is 4.28. The average molecular weight is 297 g/mol. The van der Waals surface area contributed by atoms with Crippen molar-refractivity contribution < 1.29 is 19.2 Å². The maximum Gasteiger partial charge on any atom is 0.293 e. The van der Waals surface area contributed by atoms with E-state index in [2.05, 4.69) is 10.6 Å². The fourth-order valence-electron chi connectivity index (χ4n) is 1.62. The van der Waals surface area contributed by atoms with E-state index in [1.165, 1.54) is 25.2 Å². The normalized spacial score (nSPS) is 10.2. The van der Waals surface area contributed by atoms with E-state index in [0.29, 0.717) is 32.1 Å². The number of ether oxygens (including phenoxy) is 2. The largest absolute Gasteiger partial charge is 0.382 e. The molecule has 0 atom stereocenters. The number of rotatable bonds is 9. The van der Waals surface area contributed by atoms with E-state index in [1.807, 2.05) is 0 Å². The van der Waals surface area contributed by atoms with Gasteiger partial charge >= 0.3 is 0 Å². The lowest BCUT2D eigenvalue weighted by Gasteiger charge is -2.09. The van der Waals surface area contributed by atoms with Crippen LogP contribution in [-0.4, -0.2) is 51.4 Å². The van der Waals surface area contributed by atoms with Crippen LogP contribution in [0, 0.1) is 10.1 Å². The van der Waals surface area contributed by atoms with E-state index in [1.54, 1.807) is 7.11 Å². The third-order valence-electron chi connectivity index (χ3n) is 2.68. The van der Waals surface area contributed by atoms with E-state index in [-0.39, 0.29) is 17.2 Å². The molecule has 0 aliphatic rings. The van der Waals surface area contributed by atoms with Crippen LogP contribution in [0.15, 0.2) is 18.2 Å². The second-order valence-corrected chi connectivity index (χ2v) is 4.10. The molecule has 0 spiro atoms. The van der Waals surface area contributed by atoms with E-state index < -0.39 is 4.92 Å². The van der Waals surface area contributed by atoms with Crippen LogP contribution in [0.2, 0.25) is 0 Å².